The summed E-state index contributed by atoms with van der Waals surface area (Å²) < 4.78 is 6.00. The molecule has 0 saturated carbocycles. The van der Waals surface area contributed by atoms with Gasteiger partial charge >= 0.3 is 0 Å². The first-order valence-electron chi connectivity index (χ1n) is 6.82. The Morgan fingerprint density at radius 3 is 2.15 bits per heavy atom. The van der Waals surface area contributed by atoms with Crippen molar-refractivity contribution in [2.45, 2.75) is 40.0 Å². The zero-order valence-corrected chi connectivity index (χ0v) is 13.5. The summed E-state index contributed by atoms with van der Waals surface area (Å²) in [7, 11) is 0. The molecule has 2 aromatic carbocycles. The molecule has 106 valence electrons. The smallest absolute Gasteiger partial charge is 0.130 e. The molecular weight excluding hydrogens is 268 g/mol. The minimum Gasteiger partial charge on any atom is -0.457 e. The summed E-state index contributed by atoms with van der Waals surface area (Å²) in [4.78, 5) is 0. The first kappa shape index (κ1) is 14.9. The van der Waals surface area contributed by atoms with E-state index in [1.54, 1.807) is 0 Å². The Labute approximate surface area is 126 Å². The summed E-state index contributed by atoms with van der Waals surface area (Å²) in [6, 6.07) is 12.2. The highest BCUT2D eigenvalue weighted by Gasteiger charge is 2.15. The van der Waals surface area contributed by atoms with E-state index >= 15 is 0 Å². The molecule has 0 saturated heterocycles. The summed E-state index contributed by atoms with van der Waals surface area (Å²) in [6.07, 6.45) is 0. The van der Waals surface area contributed by atoms with Crippen LogP contribution in [-0.2, 0) is 5.41 Å². The molecule has 0 bridgehead atoms. The largest absolute Gasteiger partial charge is 0.457 e. The van der Waals surface area contributed by atoms with E-state index in [0.29, 0.717) is 0 Å². The second-order valence-electron chi connectivity index (χ2n) is 6.24. The SMILES string of the molecule is Cc1ccc(Oc2cc(C(C)(C)C)ccc2C)cc1Cl. The third-order valence-corrected chi connectivity index (χ3v) is 3.83. The van der Waals surface area contributed by atoms with E-state index in [9.17, 15) is 0 Å². The Kier molecular flexibility index (Phi) is 4.10. The lowest BCUT2D eigenvalue weighted by Crippen LogP contribution is -2.11. The quantitative estimate of drug-likeness (QED) is 0.654. The molecule has 2 aromatic rings. The van der Waals surface area contributed by atoms with E-state index in [4.69, 9.17) is 16.3 Å². The maximum Gasteiger partial charge on any atom is 0.130 e. The van der Waals surface area contributed by atoms with Crippen LogP contribution in [0, 0.1) is 13.8 Å². The van der Waals surface area contributed by atoms with Gasteiger partial charge in [-0.15, -0.1) is 0 Å². The van der Waals surface area contributed by atoms with Crippen molar-refractivity contribution < 1.29 is 4.74 Å². The number of ether oxygens (including phenoxy) is 1. The fourth-order valence-electron chi connectivity index (χ4n) is 1.94. The van der Waals surface area contributed by atoms with Gasteiger partial charge in [0.1, 0.15) is 11.5 Å². The van der Waals surface area contributed by atoms with Gasteiger partial charge in [0, 0.05) is 5.02 Å². The fourth-order valence-corrected chi connectivity index (χ4v) is 2.11. The number of aryl methyl sites for hydroxylation is 2. The summed E-state index contributed by atoms with van der Waals surface area (Å²) in [5, 5.41) is 0.729. The molecule has 0 fully saturated rings. The van der Waals surface area contributed by atoms with Crippen LogP contribution in [0.25, 0.3) is 0 Å². The van der Waals surface area contributed by atoms with E-state index in [0.717, 1.165) is 27.6 Å². The molecule has 0 amide bonds. The van der Waals surface area contributed by atoms with Crippen molar-refractivity contribution >= 4 is 11.6 Å². The van der Waals surface area contributed by atoms with Crippen molar-refractivity contribution in [2.75, 3.05) is 0 Å². The number of rotatable bonds is 2. The maximum absolute atomic E-state index is 6.14. The lowest BCUT2D eigenvalue weighted by molar-refractivity contribution is 0.474. The van der Waals surface area contributed by atoms with Crippen LogP contribution in [-0.4, -0.2) is 0 Å². The Hall–Kier alpha value is -1.47. The number of benzene rings is 2. The van der Waals surface area contributed by atoms with Crippen molar-refractivity contribution in [1.29, 1.82) is 0 Å². The predicted molar refractivity (Wildman–Crippen MR) is 86.1 cm³/mol. The predicted octanol–water partition coefficient (Wildman–Crippen LogP) is 6.05. The lowest BCUT2D eigenvalue weighted by atomic mass is 9.86. The lowest BCUT2D eigenvalue weighted by Gasteiger charge is -2.21. The van der Waals surface area contributed by atoms with Crippen LogP contribution in [0.2, 0.25) is 5.02 Å². The zero-order valence-electron chi connectivity index (χ0n) is 12.8. The number of hydrogen-bond donors (Lipinski definition) is 0. The topological polar surface area (TPSA) is 9.23 Å². The van der Waals surface area contributed by atoms with Crippen molar-refractivity contribution in [3.63, 3.8) is 0 Å². The number of halogens is 1. The van der Waals surface area contributed by atoms with Crippen LogP contribution >= 0.6 is 11.6 Å². The second-order valence-corrected chi connectivity index (χ2v) is 6.65. The monoisotopic (exact) mass is 288 g/mol. The molecule has 0 unspecified atom stereocenters. The highest BCUT2D eigenvalue weighted by Crippen LogP contribution is 2.32. The first-order chi connectivity index (χ1) is 9.27. The van der Waals surface area contributed by atoms with Crippen LogP contribution in [0.4, 0.5) is 0 Å². The second kappa shape index (κ2) is 5.49. The first-order valence-corrected chi connectivity index (χ1v) is 7.20. The molecule has 1 nitrogen and oxygen atoms in total. The summed E-state index contributed by atoms with van der Waals surface area (Å²) >= 11 is 6.14. The highest BCUT2D eigenvalue weighted by atomic mass is 35.5. The Morgan fingerprint density at radius 1 is 0.900 bits per heavy atom. The van der Waals surface area contributed by atoms with Crippen molar-refractivity contribution in [1.82, 2.24) is 0 Å². The Balaban J connectivity index is 2.35. The molecule has 2 heteroatoms. The third kappa shape index (κ3) is 3.34. The van der Waals surface area contributed by atoms with Crippen LogP contribution in [0.5, 0.6) is 11.5 Å². The van der Waals surface area contributed by atoms with Crippen LogP contribution < -0.4 is 4.74 Å². The van der Waals surface area contributed by atoms with Crippen molar-refractivity contribution in [3.05, 3.63) is 58.1 Å². The Morgan fingerprint density at radius 2 is 1.55 bits per heavy atom. The van der Waals surface area contributed by atoms with Gasteiger partial charge in [-0.3, -0.25) is 0 Å². The van der Waals surface area contributed by atoms with Gasteiger partial charge in [-0.05, 0) is 54.2 Å². The molecule has 0 spiro atoms. The van der Waals surface area contributed by atoms with E-state index in [1.165, 1.54) is 5.56 Å². The van der Waals surface area contributed by atoms with Gasteiger partial charge in [0.15, 0.2) is 0 Å². The van der Waals surface area contributed by atoms with E-state index in [1.807, 2.05) is 25.1 Å². The molecular formula is C18H21ClO. The molecule has 0 heterocycles. The normalized spacial score (nSPS) is 11.5. The fraction of sp³-hybridized carbons (Fsp3) is 0.333. The minimum atomic E-state index is 0.108. The summed E-state index contributed by atoms with van der Waals surface area (Å²) in [5.41, 5.74) is 3.54. The van der Waals surface area contributed by atoms with Crippen molar-refractivity contribution in [2.24, 2.45) is 0 Å². The standard InChI is InChI=1S/C18H21ClO/c1-12-7-9-15(11-16(12)19)20-17-10-14(18(3,4)5)8-6-13(17)2/h6-11H,1-5H3. The van der Waals surface area contributed by atoms with Gasteiger partial charge in [0.05, 0.1) is 0 Å². The molecule has 0 aliphatic carbocycles. The van der Waals surface area contributed by atoms with E-state index < -0.39 is 0 Å². The molecule has 0 radical (unpaired) electrons. The maximum atomic E-state index is 6.14. The molecule has 0 atom stereocenters. The molecule has 0 aromatic heterocycles. The van der Waals surface area contributed by atoms with Gasteiger partial charge in [-0.2, -0.15) is 0 Å². The van der Waals surface area contributed by atoms with Crippen LogP contribution in [0.3, 0.4) is 0 Å². The minimum absolute atomic E-state index is 0.108. The molecule has 2 rings (SSSR count). The van der Waals surface area contributed by atoms with Gasteiger partial charge < -0.3 is 4.74 Å². The summed E-state index contributed by atoms with van der Waals surface area (Å²) in [6.45, 7) is 10.6. The highest BCUT2D eigenvalue weighted by molar-refractivity contribution is 6.31. The average molecular weight is 289 g/mol. The van der Waals surface area contributed by atoms with Crippen molar-refractivity contribution in [3.8, 4) is 11.5 Å². The van der Waals surface area contributed by atoms with E-state index in [-0.39, 0.29) is 5.41 Å². The van der Waals surface area contributed by atoms with Gasteiger partial charge in [-0.1, -0.05) is 50.6 Å². The van der Waals surface area contributed by atoms with Gasteiger partial charge in [0.25, 0.3) is 0 Å². The average Bonchev–Trinajstić information content (AvgIpc) is 2.35. The van der Waals surface area contributed by atoms with Gasteiger partial charge in [-0.25, -0.2) is 0 Å². The van der Waals surface area contributed by atoms with Gasteiger partial charge in [0.2, 0.25) is 0 Å². The van der Waals surface area contributed by atoms with Crippen LogP contribution in [0.15, 0.2) is 36.4 Å². The number of hydrogen-bond acceptors (Lipinski definition) is 1. The van der Waals surface area contributed by atoms with E-state index in [2.05, 4.69) is 45.9 Å². The summed E-state index contributed by atoms with van der Waals surface area (Å²) in [5.74, 6) is 1.66. The zero-order chi connectivity index (χ0) is 14.9. The third-order valence-electron chi connectivity index (χ3n) is 3.43. The molecule has 0 aliphatic rings. The van der Waals surface area contributed by atoms with Crippen LogP contribution in [0.1, 0.15) is 37.5 Å². The Bertz CT molecular complexity index is 624. The molecule has 0 N–H and O–H groups in total. The molecule has 20 heavy (non-hydrogen) atoms. The molecule has 0 aliphatic heterocycles.